The number of hydrogen-bond acceptors (Lipinski definition) is 4. The molecule has 0 aliphatic rings. The zero-order chi connectivity index (χ0) is 15.3. The highest BCUT2D eigenvalue weighted by Gasteiger charge is 2.22. The highest BCUT2D eigenvalue weighted by molar-refractivity contribution is 5.72. The lowest BCUT2D eigenvalue weighted by atomic mass is 10.0. The van der Waals surface area contributed by atoms with Crippen LogP contribution in [0.1, 0.15) is 38.8 Å². The minimum atomic E-state index is -1.01. The Labute approximate surface area is 117 Å². The third-order valence-electron chi connectivity index (χ3n) is 2.41. The molecule has 6 nitrogen and oxygen atoms in total. The molecule has 1 aromatic carbocycles. The van der Waals surface area contributed by atoms with E-state index < -0.39 is 23.7 Å². The summed E-state index contributed by atoms with van der Waals surface area (Å²) in [6.45, 7) is 5.21. The van der Waals surface area contributed by atoms with Gasteiger partial charge in [-0.15, -0.1) is 0 Å². The molecule has 0 aliphatic heterocycles. The molecule has 1 rings (SSSR count). The predicted molar refractivity (Wildman–Crippen MR) is 75.2 cm³/mol. The molecule has 4 N–H and O–H groups in total. The maximum Gasteiger partial charge on any atom is 0.408 e. The second-order valence-corrected chi connectivity index (χ2v) is 5.46. The Kier molecular flexibility index (Phi) is 4.96. The van der Waals surface area contributed by atoms with E-state index in [0.29, 0.717) is 11.3 Å². The smallest absolute Gasteiger partial charge is 0.408 e. The first kappa shape index (κ1) is 15.8. The Hall–Kier alpha value is -2.24. The maximum absolute atomic E-state index is 11.7. The van der Waals surface area contributed by atoms with Crippen LogP contribution in [0.2, 0.25) is 0 Å². The van der Waals surface area contributed by atoms with Crippen molar-refractivity contribution in [2.24, 2.45) is 0 Å². The molecular formula is C14H20N2O4. The van der Waals surface area contributed by atoms with E-state index in [-0.39, 0.29) is 6.42 Å². The van der Waals surface area contributed by atoms with Gasteiger partial charge >= 0.3 is 12.1 Å². The van der Waals surface area contributed by atoms with Gasteiger partial charge < -0.3 is 20.9 Å². The van der Waals surface area contributed by atoms with Gasteiger partial charge in [-0.05, 0) is 38.5 Å². The van der Waals surface area contributed by atoms with Crippen LogP contribution in [0, 0.1) is 0 Å². The molecule has 0 aliphatic carbocycles. The van der Waals surface area contributed by atoms with Crippen LogP contribution in [-0.4, -0.2) is 22.8 Å². The molecule has 1 amide bonds. The quantitative estimate of drug-likeness (QED) is 0.734. The highest BCUT2D eigenvalue weighted by Crippen LogP contribution is 2.19. The number of alkyl carbamates (subject to hydrolysis) is 1. The van der Waals surface area contributed by atoms with E-state index in [2.05, 4.69) is 5.32 Å². The van der Waals surface area contributed by atoms with Crippen LogP contribution >= 0.6 is 0 Å². The number of nitrogens with two attached hydrogens (primary N) is 1. The fourth-order valence-electron chi connectivity index (χ4n) is 1.60. The third-order valence-corrected chi connectivity index (χ3v) is 2.41. The Bertz CT molecular complexity index is 477. The molecule has 0 saturated heterocycles. The average molecular weight is 280 g/mol. The number of carboxylic acid groups (broad SMARTS) is 1. The second kappa shape index (κ2) is 6.27. The average Bonchev–Trinajstić information content (AvgIpc) is 2.25. The normalized spacial score (nSPS) is 12.6. The Morgan fingerprint density at radius 3 is 2.30 bits per heavy atom. The van der Waals surface area contributed by atoms with Gasteiger partial charge in [-0.3, -0.25) is 4.79 Å². The predicted octanol–water partition coefficient (Wildman–Crippen LogP) is 2.31. The fourth-order valence-corrected chi connectivity index (χ4v) is 1.60. The van der Waals surface area contributed by atoms with E-state index in [4.69, 9.17) is 15.6 Å². The van der Waals surface area contributed by atoms with Gasteiger partial charge in [0.05, 0.1) is 12.5 Å². The number of hydrogen-bond donors (Lipinski definition) is 3. The van der Waals surface area contributed by atoms with Crippen LogP contribution in [0.3, 0.4) is 0 Å². The van der Waals surface area contributed by atoms with Crippen molar-refractivity contribution in [1.29, 1.82) is 0 Å². The lowest BCUT2D eigenvalue weighted by Crippen LogP contribution is -2.35. The summed E-state index contributed by atoms with van der Waals surface area (Å²) in [6.07, 6.45) is -0.885. The Balaban J connectivity index is 2.82. The number of aliphatic carboxylic acids is 1. The molecular weight excluding hydrogens is 260 g/mol. The number of ether oxygens (including phenoxy) is 1. The molecule has 20 heavy (non-hydrogen) atoms. The second-order valence-electron chi connectivity index (χ2n) is 5.46. The number of benzene rings is 1. The van der Waals surface area contributed by atoms with E-state index in [1.165, 1.54) is 0 Å². The maximum atomic E-state index is 11.7. The molecule has 0 radical (unpaired) electrons. The number of nitrogens with one attached hydrogen (secondary N) is 1. The van der Waals surface area contributed by atoms with Gasteiger partial charge in [-0.2, -0.15) is 0 Å². The summed E-state index contributed by atoms with van der Waals surface area (Å²) >= 11 is 0. The number of carbonyl (C=O) groups excluding carboxylic acids is 1. The topological polar surface area (TPSA) is 102 Å². The summed E-state index contributed by atoms with van der Waals surface area (Å²) < 4.78 is 5.13. The fraction of sp³-hybridized carbons (Fsp3) is 0.429. The molecule has 0 spiro atoms. The number of anilines is 1. The highest BCUT2D eigenvalue weighted by atomic mass is 16.6. The van der Waals surface area contributed by atoms with Crippen LogP contribution in [0.5, 0.6) is 0 Å². The number of nitrogen functional groups attached to an aromatic ring is 1. The number of carbonyl (C=O) groups is 2. The van der Waals surface area contributed by atoms with Gasteiger partial charge in [0.2, 0.25) is 0 Å². The van der Waals surface area contributed by atoms with Gasteiger partial charge in [0.1, 0.15) is 5.60 Å². The molecule has 0 saturated carbocycles. The lowest BCUT2D eigenvalue weighted by molar-refractivity contribution is -0.137. The molecule has 0 aromatic heterocycles. The largest absolute Gasteiger partial charge is 0.481 e. The van der Waals surface area contributed by atoms with Crippen LogP contribution in [-0.2, 0) is 9.53 Å². The zero-order valence-corrected chi connectivity index (χ0v) is 11.8. The van der Waals surface area contributed by atoms with Gasteiger partial charge in [-0.1, -0.05) is 12.1 Å². The first-order valence-electron chi connectivity index (χ1n) is 6.24. The van der Waals surface area contributed by atoms with Crippen LogP contribution in [0.25, 0.3) is 0 Å². The summed E-state index contributed by atoms with van der Waals surface area (Å²) in [6, 6.07) is 6.01. The molecule has 6 heteroatoms. The lowest BCUT2D eigenvalue weighted by Gasteiger charge is -2.23. The van der Waals surface area contributed by atoms with Gasteiger partial charge in [-0.25, -0.2) is 4.79 Å². The number of amides is 1. The first-order chi connectivity index (χ1) is 9.17. The minimum absolute atomic E-state index is 0.233. The molecule has 1 atom stereocenters. The van der Waals surface area contributed by atoms with Crippen molar-refractivity contribution in [3.63, 3.8) is 0 Å². The Morgan fingerprint density at radius 2 is 1.85 bits per heavy atom. The Morgan fingerprint density at radius 1 is 1.30 bits per heavy atom. The van der Waals surface area contributed by atoms with Gasteiger partial charge in [0.15, 0.2) is 0 Å². The van der Waals surface area contributed by atoms with Crippen LogP contribution in [0.15, 0.2) is 24.3 Å². The molecule has 1 aromatic rings. The molecule has 110 valence electrons. The summed E-state index contributed by atoms with van der Waals surface area (Å²) in [5.74, 6) is -1.01. The van der Waals surface area contributed by atoms with Crippen molar-refractivity contribution in [3.8, 4) is 0 Å². The summed E-state index contributed by atoms with van der Waals surface area (Å²) in [7, 11) is 0. The van der Waals surface area contributed by atoms with Crippen molar-refractivity contribution in [2.45, 2.75) is 38.8 Å². The van der Waals surface area contributed by atoms with E-state index >= 15 is 0 Å². The molecule has 0 fully saturated rings. The zero-order valence-electron chi connectivity index (χ0n) is 11.8. The van der Waals surface area contributed by atoms with Crippen LogP contribution in [0.4, 0.5) is 10.5 Å². The van der Waals surface area contributed by atoms with Gasteiger partial charge in [0, 0.05) is 5.69 Å². The van der Waals surface area contributed by atoms with E-state index in [9.17, 15) is 9.59 Å². The van der Waals surface area contributed by atoms with E-state index in [1.54, 1.807) is 45.0 Å². The number of carboxylic acids is 1. The van der Waals surface area contributed by atoms with Crippen molar-refractivity contribution in [3.05, 3.63) is 29.8 Å². The van der Waals surface area contributed by atoms with Crippen molar-refractivity contribution >= 4 is 17.7 Å². The first-order valence-corrected chi connectivity index (χ1v) is 6.24. The SMILES string of the molecule is CC(C)(C)OC(=O)N[C@H](CC(=O)O)c1ccc(N)cc1. The van der Waals surface area contributed by atoms with Gasteiger partial charge in [0.25, 0.3) is 0 Å². The monoisotopic (exact) mass is 280 g/mol. The molecule has 0 heterocycles. The van der Waals surface area contributed by atoms with Crippen LogP contribution < -0.4 is 11.1 Å². The number of rotatable bonds is 4. The van der Waals surface area contributed by atoms with Crippen molar-refractivity contribution < 1.29 is 19.4 Å². The summed E-state index contributed by atoms with van der Waals surface area (Å²) in [5.41, 5.74) is 6.17. The molecule has 0 unspecified atom stereocenters. The summed E-state index contributed by atoms with van der Waals surface area (Å²) in [5, 5.41) is 11.5. The third kappa shape index (κ3) is 5.60. The van der Waals surface area contributed by atoms with Crippen molar-refractivity contribution in [2.75, 3.05) is 5.73 Å². The standard InChI is InChI=1S/C14H20N2O4/c1-14(2,3)20-13(19)16-11(8-12(17)18)9-4-6-10(15)7-5-9/h4-7,11H,8,15H2,1-3H3,(H,16,19)(H,17,18)/t11-/m1/s1. The molecule has 0 bridgehead atoms. The summed E-state index contributed by atoms with van der Waals surface area (Å²) in [4.78, 5) is 22.6. The van der Waals surface area contributed by atoms with E-state index in [0.717, 1.165) is 0 Å². The van der Waals surface area contributed by atoms with E-state index in [1.807, 2.05) is 0 Å². The minimum Gasteiger partial charge on any atom is -0.481 e. The van der Waals surface area contributed by atoms with Crippen molar-refractivity contribution in [1.82, 2.24) is 5.32 Å².